The van der Waals surface area contributed by atoms with Crippen molar-refractivity contribution in [1.29, 1.82) is 0 Å². The van der Waals surface area contributed by atoms with E-state index in [1.807, 2.05) is 0 Å². The average molecular weight is 333 g/mol. The minimum Gasteiger partial charge on any atom is -0.361 e. The van der Waals surface area contributed by atoms with Crippen LogP contribution in [0.4, 0.5) is 0 Å². The molecule has 1 atom stereocenters. The second kappa shape index (κ2) is 5.14. The predicted molar refractivity (Wildman–Crippen MR) is 76.4 cm³/mol. The number of hydrogen-bond acceptors (Lipinski definition) is 5. The third-order valence-electron chi connectivity index (χ3n) is 3.30. The van der Waals surface area contributed by atoms with Gasteiger partial charge in [0.15, 0.2) is 0 Å². The van der Waals surface area contributed by atoms with Gasteiger partial charge in [-0.05, 0) is 31.9 Å². The zero-order chi connectivity index (χ0) is 14.3. The number of hydrogen-bond donors (Lipinski definition) is 0. The van der Waals surface area contributed by atoms with E-state index in [1.165, 1.54) is 4.31 Å². The lowest BCUT2D eigenvalue weighted by atomic mass is 10.1. The molecule has 0 N–H and O–H groups in total. The first-order chi connectivity index (χ1) is 9.48. The molecule has 20 heavy (non-hydrogen) atoms. The molecule has 3 rings (SSSR count). The Balaban J connectivity index is 1.96. The Kier molecular flexibility index (Phi) is 3.62. The van der Waals surface area contributed by atoms with Crippen LogP contribution in [0.1, 0.15) is 30.3 Å². The van der Waals surface area contributed by atoms with Gasteiger partial charge in [-0.1, -0.05) is 16.8 Å². The van der Waals surface area contributed by atoms with Crippen molar-refractivity contribution in [3.8, 4) is 0 Å². The van der Waals surface area contributed by atoms with E-state index < -0.39 is 10.0 Å². The van der Waals surface area contributed by atoms with E-state index in [2.05, 4.69) is 5.16 Å². The van der Waals surface area contributed by atoms with Gasteiger partial charge in [0, 0.05) is 12.6 Å². The van der Waals surface area contributed by atoms with Gasteiger partial charge in [0.2, 0.25) is 0 Å². The molecule has 2 aromatic rings. The largest absolute Gasteiger partial charge is 0.361 e. The van der Waals surface area contributed by atoms with E-state index in [0.717, 1.165) is 24.2 Å². The Morgan fingerprint density at radius 1 is 1.50 bits per heavy atom. The first-order valence-electron chi connectivity index (χ1n) is 6.19. The van der Waals surface area contributed by atoms with E-state index in [9.17, 15) is 8.42 Å². The van der Waals surface area contributed by atoms with Gasteiger partial charge < -0.3 is 4.52 Å². The quantitative estimate of drug-likeness (QED) is 0.865. The molecule has 8 heteroatoms. The first kappa shape index (κ1) is 14.1. The van der Waals surface area contributed by atoms with E-state index in [1.54, 1.807) is 25.1 Å². The van der Waals surface area contributed by atoms with Crippen molar-refractivity contribution in [1.82, 2.24) is 9.46 Å². The smallest absolute Gasteiger partial charge is 0.253 e. The number of halogens is 1. The zero-order valence-corrected chi connectivity index (χ0v) is 13.1. The van der Waals surface area contributed by atoms with Crippen molar-refractivity contribution in [3.05, 3.63) is 34.0 Å². The fourth-order valence-electron chi connectivity index (χ4n) is 2.42. The van der Waals surface area contributed by atoms with Crippen LogP contribution in [-0.4, -0.2) is 24.4 Å². The number of aromatic nitrogens is 1. The summed E-state index contributed by atoms with van der Waals surface area (Å²) in [5.74, 6) is 0.684. The summed E-state index contributed by atoms with van der Waals surface area (Å²) >= 11 is 6.91. The van der Waals surface area contributed by atoms with Crippen LogP contribution in [0.5, 0.6) is 0 Å². The summed E-state index contributed by atoms with van der Waals surface area (Å²) in [7, 11) is -3.52. The van der Waals surface area contributed by atoms with Crippen molar-refractivity contribution < 1.29 is 12.9 Å². The maximum atomic E-state index is 12.7. The molecule has 5 nitrogen and oxygen atoms in total. The van der Waals surface area contributed by atoms with Crippen LogP contribution in [0.25, 0.3) is 0 Å². The van der Waals surface area contributed by atoms with Gasteiger partial charge in [0.25, 0.3) is 10.0 Å². The van der Waals surface area contributed by atoms with E-state index in [0.29, 0.717) is 22.3 Å². The summed E-state index contributed by atoms with van der Waals surface area (Å²) in [6.45, 7) is 2.29. The molecule has 1 fully saturated rings. The van der Waals surface area contributed by atoms with Crippen LogP contribution in [0, 0.1) is 6.92 Å². The molecule has 1 aliphatic heterocycles. The average Bonchev–Trinajstić information content (AvgIpc) is 3.07. The minimum absolute atomic E-state index is 0.252. The van der Waals surface area contributed by atoms with Crippen LogP contribution in [0.15, 0.2) is 26.9 Å². The van der Waals surface area contributed by atoms with Crippen molar-refractivity contribution in [3.63, 3.8) is 0 Å². The third kappa shape index (κ3) is 2.39. The first-order valence-corrected chi connectivity index (χ1v) is 8.82. The van der Waals surface area contributed by atoms with Crippen LogP contribution in [0.2, 0.25) is 4.34 Å². The molecule has 2 aromatic heterocycles. The Morgan fingerprint density at radius 2 is 2.30 bits per heavy atom. The highest BCUT2D eigenvalue weighted by molar-refractivity contribution is 7.91. The second-order valence-electron chi connectivity index (χ2n) is 4.69. The van der Waals surface area contributed by atoms with Gasteiger partial charge in [-0.2, -0.15) is 4.31 Å². The Morgan fingerprint density at radius 3 is 2.90 bits per heavy atom. The van der Waals surface area contributed by atoms with Crippen molar-refractivity contribution in [2.75, 3.05) is 6.54 Å². The zero-order valence-electron chi connectivity index (χ0n) is 10.7. The molecule has 1 unspecified atom stereocenters. The molecule has 0 amide bonds. The van der Waals surface area contributed by atoms with Gasteiger partial charge in [-0.3, -0.25) is 0 Å². The number of aryl methyl sites for hydroxylation is 1. The van der Waals surface area contributed by atoms with Crippen LogP contribution < -0.4 is 0 Å². The fraction of sp³-hybridized carbons (Fsp3) is 0.417. The van der Waals surface area contributed by atoms with E-state index in [-0.39, 0.29) is 10.3 Å². The minimum atomic E-state index is -3.52. The van der Waals surface area contributed by atoms with Crippen LogP contribution >= 0.6 is 22.9 Å². The molecular weight excluding hydrogens is 320 g/mol. The highest BCUT2D eigenvalue weighted by atomic mass is 35.5. The normalized spacial score (nSPS) is 20.6. The maximum Gasteiger partial charge on any atom is 0.253 e. The van der Waals surface area contributed by atoms with Crippen LogP contribution in [-0.2, 0) is 10.0 Å². The summed E-state index contributed by atoms with van der Waals surface area (Å²) < 4.78 is 32.6. The lowest BCUT2D eigenvalue weighted by Gasteiger charge is -2.21. The molecule has 0 radical (unpaired) electrons. The molecule has 0 saturated carbocycles. The van der Waals surface area contributed by atoms with Gasteiger partial charge in [0.1, 0.15) is 15.7 Å². The molecule has 1 aliphatic rings. The standard InChI is InChI=1S/C12H13ClN2O3S2/c1-8-7-9(14-18-8)10-3-2-6-15(10)20(16,17)12-5-4-11(13)19-12/h4-5,7,10H,2-3,6H2,1H3. The Hall–Kier alpha value is -0.890. The predicted octanol–water partition coefficient (Wildman–Crippen LogP) is 3.22. The van der Waals surface area contributed by atoms with Gasteiger partial charge in [-0.25, -0.2) is 8.42 Å². The Labute approximate surface area is 126 Å². The van der Waals surface area contributed by atoms with Crippen molar-refractivity contribution in [2.24, 2.45) is 0 Å². The lowest BCUT2D eigenvalue weighted by molar-refractivity contribution is 0.350. The Bertz CT molecular complexity index is 723. The number of thiophene rings is 1. The lowest BCUT2D eigenvalue weighted by Crippen LogP contribution is -2.30. The molecule has 108 valence electrons. The van der Waals surface area contributed by atoms with Crippen molar-refractivity contribution in [2.45, 2.75) is 30.0 Å². The molecule has 0 bridgehead atoms. The summed E-state index contributed by atoms with van der Waals surface area (Å²) in [6.07, 6.45) is 1.57. The second-order valence-corrected chi connectivity index (χ2v) is 8.53. The van der Waals surface area contributed by atoms with Gasteiger partial charge in [-0.15, -0.1) is 11.3 Å². The molecule has 1 saturated heterocycles. The van der Waals surface area contributed by atoms with Gasteiger partial charge in [0.05, 0.1) is 10.4 Å². The van der Waals surface area contributed by atoms with Gasteiger partial charge >= 0.3 is 0 Å². The molecule has 3 heterocycles. The number of sulfonamides is 1. The fourth-order valence-corrected chi connectivity index (χ4v) is 5.70. The van der Waals surface area contributed by atoms with Crippen molar-refractivity contribution >= 4 is 33.0 Å². The highest BCUT2D eigenvalue weighted by Crippen LogP contribution is 2.38. The highest BCUT2D eigenvalue weighted by Gasteiger charge is 2.38. The molecular formula is C12H13ClN2O3S2. The summed E-state index contributed by atoms with van der Waals surface area (Å²) in [6, 6.07) is 4.69. The molecule has 0 spiro atoms. The van der Waals surface area contributed by atoms with E-state index >= 15 is 0 Å². The summed E-state index contributed by atoms with van der Waals surface area (Å²) in [4.78, 5) is 0. The molecule has 0 aromatic carbocycles. The topological polar surface area (TPSA) is 63.4 Å². The number of rotatable bonds is 3. The number of nitrogens with zero attached hydrogens (tertiary/aromatic N) is 2. The third-order valence-corrected chi connectivity index (χ3v) is 6.91. The van der Waals surface area contributed by atoms with E-state index in [4.69, 9.17) is 16.1 Å². The maximum absolute atomic E-state index is 12.7. The summed E-state index contributed by atoms with van der Waals surface area (Å²) in [5, 5.41) is 3.96. The summed E-state index contributed by atoms with van der Waals surface area (Å²) in [5.41, 5.74) is 0.672. The molecule has 0 aliphatic carbocycles. The van der Waals surface area contributed by atoms with Crippen LogP contribution in [0.3, 0.4) is 0 Å². The monoisotopic (exact) mass is 332 g/mol. The SMILES string of the molecule is Cc1cc(C2CCCN2S(=O)(=O)c2ccc(Cl)s2)no1.